The second-order valence-electron chi connectivity index (χ2n) is 5.64. The Morgan fingerprint density at radius 1 is 0.759 bits per heavy atom. The van der Waals surface area contributed by atoms with Crippen LogP contribution in [-0.2, 0) is 5.33 Å². The van der Waals surface area contributed by atoms with Crippen LogP contribution in [0.15, 0.2) is 36.4 Å². The molecule has 0 bridgehead atoms. The first-order valence-corrected chi connectivity index (χ1v) is 8.92. The van der Waals surface area contributed by atoms with Crippen LogP contribution in [0.4, 0.5) is 35.1 Å². The third kappa shape index (κ3) is 10.3. The molecule has 2 aromatic carbocycles. The first-order valence-electron chi connectivity index (χ1n) is 7.80. The summed E-state index contributed by atoms with van der Waals surface area (Å²) in [5, 5.41) is 0.426. The maximum absolute atomic E-state index is 13.0. The predicted octanol–water partition coefficient (Wildman–Crippen LogP) is 6.74. The Kier molecular flexibility index (Phi) is 9.18. The molecule has 0 aromatic heterocycles. The fourth-order valence-corrected chi connectivity index (χ4v) is 2.13. The summed E-state index contributed by atoms with van der Waals surface area (Å²) in [5.74, 6) is -2.35. The van der Waals surface area contributed by atoms with E-state index in [-0.39, 0.29) is 11.5 Å². The average molecular weight is 495 g/mol. The fourth-order valence-electron chi connectivity index (χ4n) is 1.78. The van der Waals surface area contributed by atoms with Gasteiger partial charge in [-0.25, -0.2) is 8.78 Å². The molecule has 0 amide bonds. The van der Waals surface area contributed by atoms with Crippen LogP contribution in [0.2, 0.25) is 0 Å². The van der Waals surface area contributed by atoms with Crippen LogP contribution in [0.5, 0.6) is 11.5 Å². The first-order chi connectivity index (χ1) is 13.3. The minimum absolute atomic E-state index is 0.373. The number of aryl methyl sites for hydroxylation is 1. The lowest BCUT2D eigenvalue weighted by molar-refractivity contribution is -0.154. The summed E-state index contributed by atoms with van der Waals surface area (Å²) < 4.78 is 105. The molecular weight excluding hydrogens is 480 g/mol. The molecule has 29 heavy (non-hydrogen) atoms. The van der Waals surface area contributed by atoms with Crippen LogP contribution in [0, 0.1) is 18.6 Å². The summed E-state index contributed by atoms with van der Waals surface area (Å²) >= 11 is 3.11. The third-order valence-electron chi connectivity index (χ3n) is 3.02. The van der Waals surface area contributed by atoms with Crippen LogP contribution in [0.3, 0.4) is 0 Å². The van der Waals surface area contributed by atoms with E-state index in [1.54, 1.807) is 6.92 Å². The molecule has 0 saturated heterocycles. The standard InChI is InChI=1S/C9H7BrF4O.C9H8F4O/c10-4-6-1-2-7(11)8(3-6)15-5-9(12,13)14;1-6-2-3-7(10)8(4-6)14-5-9(11,12)13/h1-3H,4-5H2;2-4H,5H2,1H3. The second-order valence-corrected chi connectivity index (χ2v) is 6.20. The van der Waals surface area contributed by atoms with Crippen LogP contribution >= 0.6 is 15.9 Å². The van der Waals surface area contributed by atoms with E-state index in [9.17, 15) is 35.1 Å². The lowest BCUT2D eigenvalue weighted by Crippen LogP contribution is -2.19. The van der Waals surface area contributed by atoms with Gasteiger partial charge in [-0.05, 0) is 42.3 Å². The van der Waals surface area contributed by atoms with E-state index in [1.807, 2.05) is 0 Å². The number of alkyl halides is 7. The minimum Gasteiger partial charge on any atom is -0.481 e. The van der Waals surface area contributed by atoms with E-state index in [1.165, 1.54) is 24.3 Å². The van der Waals surface area contributed by atoms with Gasteiger partial charge in [0.2, 0.25) is 0 Å². The maximum Gasteiger partial charge on any atom is 0.422 e. The van der Waals surface area contributed by atoms with Gasteiger partial charge in [0.25, 0.3) is 0 Å². The molecule has 2 rings (SSSR count). The lowest BCUT2D eigenvalue weighted by atomic mass is 10.2. The van der Waals surface area contributed by atoms with Gasteiger partial charge in [-0.1, -0.05) is 28.1 Å². The molecule has 0 aliphatic heterocycles. The molecule has 0 atom stereocenters. The molecular formula is C18H15BrF8O2. The number of hydrogen-bond acceptors (Lipinski definition) is 2. The second kappa shape index (κ2) is 10.7. The molecule has 162 valence electrons. The van der Waals surface area contributed by atoms with Crippen molar-refractivity contribution in [2.24, 2.45) is 0 Å². The number of halogens is 9. The van der Waals surface area contributed by atoms with Crippen molar-refractivity contribution in [3.63, 3.8) is 0 Å². The topological polar surface area (TPSA) is 18.5 Å². The van der Waals surface area contributed by atoms with Gasteiger partial charge in [0.15, 0.2) is 36.3 Å². The number of ether oxygens (including phenoxy) is 2. The molecule has 2 aromatic rings. The Labute approximate surface area is 169 Å². The average Bonchev–Trinajstić information content (AvgIpc) is 2.61. The molecule has 0 radical (unpaired) electrons. The zero-order valence-corrected chi connectivity index (χ0v) is 16.4. The highest BCUT2D eigenvalue weighted by atomic mass is 79.9. The van der Waals surface area contributed by atoms with Gasteiger partial charge in [-0.3, -0.25) is 0 Å². The molecule has 0 saturated carbocycles. The van der Waals surface area contributed by atoms with Gasteiger partial charge in [0.05, 0.1) is 0 Å². The van der Waals surface area contributed by atoms with Gasteiger partial charge >= 0.3 is 12.4 Å². The van der Waals surface area contributed by atoms with Gasteiger partial charge in [-0.15, -0.1) is 0 Å². The van der Waals surface area contributed by atoms with Gasteiger partial charge in [0, 0.05) is 5.33 Å². The Balaban J connectivity index is 0.000000291. The number of rotatable bonds is 5. The van der Waals surface area contributed by atoms with Crippen molar-refractivity contribution in [2.45, 2.75) is 24.6 Å². The summed E-state index contributed by atoms with van der Waals surface area (Å²) in [4.78, 5) is 0. The SMILES string of the molecule is Cc1ccc(F)c(OCC(F)(F)F)c1.Fc1ccc(CBr)cc1OCC(F)(F)F. The van der Waals surface area contributed by atoms with E-state index in [4.69, 9.17) is 0 Å². The summed E-state index contributed by atoms with van der Waals surface area (Å²) in [7, 11) is 0. The first kappa shape index (κ1) is 25.0. The van der Waals surface area contributed by atoms with E-state index < -0.39 is 37.2 Å². The molecule has 0 spiro atoms. The number of benzene rings is 2. The molecule has 0 aliphatic rings. The third-order valence-corrected chi connectivity index (χ3v) is 3.67. The summed E-state index contributed by atoms with van der Waals surface area (Å²) in [6.07, 6.45) is -8.91. The highest BCUT2D eigenvalue weighted by Gasteiger charge is 2.29. The summed E-state index contributed by atoms with van der Waals surface area (Å²) in [5.41, 5.74) is 1.29. The van der Waals surface area contributed by atoms with Crippen molar-refractivity contribution in [1.82, 2.24) is 0 Å². The van der Waals surface area contributed by atoms with Gasteiger partial charge < -0.3 is 9.47 Å². The molecule has 11 heteroatoms. The minimum atomic E-state index is -4.46. The lowest BCUT2D eigenvalue weighted by Gasteiger charge is -2.10. The molecule has 0 unspecified atom stereocenters. The van der Waals surface area contributed by atoms with Crippen molar-refractivity contribution in [2.75, 3.05) is 13.2 Å². The monoisotopic (exact) mass is 494 g/mol. The maximum atomic E-state index is 13.0. The van der Waals surface area contributed by atoms with Crippen molar-refractivity contribution in [3.05, 3.63) is 59.2 Å². The van der Waals surface area contributed by atoms with Crippen LogP contribution in [-0.4, -0.2) is 25.6 Å². The number of hydrogen-bond donors (Lipinski definition) is 0. The quantitative estimate of drug-likeness (QED) is 0.338. The van der Waals surface area contributed by atoms with Gasteiger partial charge in [-0.2, -0.15) is 26.3 Å². The largest absolute Gasteiger partial charge is 0.481 e. The van der Waals surface area contributed by atoms with Crippen LogP contribution in [0.1, 0.15) is 11.1 Å². The van der Waals surface area contributed by atoms with Crippen LogP contribution < -0.4 is 9.47 Å². The van der Waals surface area contributed by atoms with Crippen LogP contribution in [0.25, 0.3) is 0 Å². The molecule has 2 nitrogen and oxygen atoms in total. The Hall–Kier alpha value is -2.04. The molecule has 0 aliphatic carbocycles. The Morgan fingerprint density at radius 2 is 1.21 bits per heavy atom. The van der Waals surface area contributed by atoms with Crippen molar-refractivity contribution >= 4 is 15.9 Å². The van der Waals surface area contributed by atoms with E-state index in [0.717, 1.165) is 12.1 Å². The van der Waals surface area contributed by atoms with Crippen molar-refractivity contribution in [1.29, 1.82) is 0 Å². The molecule has 0 heterocycles. The highest BCUT2D eigenvalue weighted by molar-refractivity contribution is 9.08. The Morgan fingerprint density at radius 3 is 1.66 bits per heavy atom. The summed E-state index contributed by atoms with van der Waals surface area (Å²) in [6, 6.07) is 7.51. The van der Waals surface area contributed by atoms with E-state index in [2.05, 4.69) is 25.4 Å². The molecule has 0 N–H and O–H groups in total. The zero-order valence-electron chi connectivity index (χ0n) is 14.8. The predicted molar refractivity (Wildman–Crippen MR) is 93.3 cm³/mol. The summed E-state index contributed by atoms with van der Waals surface area (Å²) in [6.45, 7) is -1.33. The highest BCUT2D eigenvalue weighted by Crippen LogP contribution is 2.24. The fraction of sp³-hybridized carbons (Fsp3) is 0.333. The molecule has 0 fully saturated rings. The van der Waals surface area contributed by atoms with Crippen molar-refractivity contribution < 1.29 is 44.6 Å². The van der Waals surface area contributed by atoms with Crippen molar-refractivity contribution in [3.8, 4) is 11.5 Å². The van der Waals surface area contributed by atoms with E-state index >= 15 is 0 Å². The smallest absolute Gasteiger partial charge is 0.422 e. The normalized spacial score (nSPS) is 11.5. The van der Waals surface area contributed by atoms with E-state index in [0.29, 0.717) is 16.5 Å². The van der Waals surface area contributed by atoms with Gasteiger partial charge in [0.1, 0.15) is 0 Å². The Bertz CT molecular complexity index is 790. The zero-order chi connectivity index (χ0) is 22.2.